The molecule has 0 aliphatic heterocycles. The van der Waals surface area contributed by atoms with Gasteiger partial charge < -0.3 is 10.2 Å². The van der Waals surface area contributed by atoms with Crippen LogP contribution in [0.5, 0.6) is 0 Å². The Morgan fingerprint density at radius 2 is 0.950 bits per heavy atom. The maximum absolute atomic E-state index is 8.44. The molecule has 0 aliphatic rings. The highest BCUT2D eigenvalue weighted by Gasteiger charge is 1.80. The molecule has 2 heteroatoms. The van der Waals surface area contributed by atoms with E-state index in [-0.39, 0.29) is 13.2 Å². The molecular weight excluding hydrogens is 248 g/mol. The van der Waals surface area contributed by atoms with Gasteiger partial charge in [-0.15, -0.1) is 0 Å². The third kappa shape index (κ3) is 7.31. The smallest absolute Gasteiger partial charge is 0.0615 e. The highest BCUT2D eigenvalue weighted by Crippen LogP contribution is 2.00. The molecule has 20 heavy (non-hydrogen) atoms. The van der Waals surface area contributed by atoms with Crippen LogP contribution < -0.4 is 0 Å². The van der Waals surface area contributed by atoms with Crippen LogP contribution in [-0.2, 0) is 0 Å². The molecule has 0 spiro atoms. The molecule has 2 N–H and O–H groups in total. The van der Waals surface area contributed by atoms with Gasteiger partial charge in [-0.3, -0.25) is 0 Å². The van der Waals surface area contributed by atoms with E-state index in [4.69, 9.17) is 10.2 Å². The number of hydrogen-bond donors (Lipinski definition) is 2. The summed E-state index contributed by atoms with van der Waals surface area (Å²) in [5.41, 5.74) is 2.24. The number of aliphatic hydroxyl groups excluding tert-OH is 2. The van der Waals surface area contributed by atoms with Crippen molar-refractivity contribution in [3.05, 3.63) is 83.9 Å². The third-order valence-electron chi connectivity index (χ3n) is 2.43. The lowest BCUT2D eigenvalue weighted by molar-refractivity contribution is 0.343. The minimum atomic E-state index is 0.106. The summed E-state index contributed by atoms with van der Waals surface area (Å²) in [4.78, 5) is 0. The predicted molar refractivity (Wildman–Crippen MR) is 85.1 cm³/mol. The van der Waals surface area contributed by atoms with Crippen molar-refractivity contribution in [2.45, 2.75) is 0 Å². The zero-order valence-electron chi connectivity index (χ0n) is 11.4. The van der Waals surface area contributed by atoms with Gasteiger partial charge in [0.1, 0.15) is 0 Å². The van der Waals surface area contributed by atoms with Gasteiger partial charge in [0.2, 0.25) is 0 Å². The SMILES string of the molecule is OC/C=C/c1ccccc1.OC/C=C/c1ccccc1. The Balaban J connectivity index is 0.000000200. The minimum Gasteiger partial charge on any atom is -0.392 e. The Kier molecular flexibility index (Phi) is 8.53. The van der Waals surface area contributed by atoms with E-state index < -0.39 is 0 Å². The molecule has 0 radical (unpaired) electrons. The lowest BCUT2D eigenvalue weighted by Gasteiger charge is -1.88. The normalized spacial score (nSPS) is 10.5. The summed E-state index contributed by atoms with van der Waals surface area (Å²) in [7, 11) is 0. The Labute approximate surface area is 120 Å². The Morgan fingerprint density at radius 1 is 0.600 bits per heavy atom. The highest BCUT2D eigenvalue weighted by atomic mass is 16.3. The first-order chi connectivity index (χ1) is 9.86. The predicted octanol–water partition coefficient (Wildman–Crippen LogP) is 3.38. The Hall–Kier alpha value is -2.16. The van der Waals surface area contributed by atoms with Crippen LogP contribution in [0.25, 0.3) is 12.2 Å². The van der Waals surface area contributed by atoms with E-state index in [1.54, 1.807) is 12.2 Å². The molecule has 0 unspecified atom stereocenters. The van der Waals surface area contributed by atoms with Crippen LogP contribution in [0.1, 0.15) is 11.1 Å². The summed E-state index contributed by atoms with van der Waals surface area (Å²) < 4.78 is 0. The molecule has 0 aliphatic carbocycles. The lowest BCUT2D eigenvalue weighted by Crippen LogP contribution is -1.72. The molecule has 104 valence electrons. The molecule has 2 rings (SSSR count). The molecule has 0 amide bonds. The van der Waals surface area contributed by atoms with Gasteiger partial charge in [-0.05, 0) is 11.1 Å². The average molecular weight is 268 g/mol. The zero-order chi connectivity index (χ0) is 14.5. The molecule has 0 fully saturated rings. The Morgan fingerprint density at radius 3 is 1.25 bits per heavy atom. The fourth-order valence-electron chi connectivity index (χ4n) is 1.51. The first kappa shape index (κ1) is 15.9. The molecule has 0 saturated carbocycles. The number of hydrogen-bond acceptors (Lipinski definition) is 2. The van der Waals surface area contributed by atoms with Gasteiger partial charge in [0.05, 0.1) is 13.2 Å². The zero-order valence-corrected chi connectivity index (χ0v) is 11.4. The van der Waals surface area contributed by atoms with Gasteiger partial charge in [0, 0.05) is 0 Å². The van der Waals surface area contributed by atoms with E-state index in [0.29, 0.717) is 0 Å². The molecule has 2 nitrogen and oxygen atoms in total. The monoisotopic (exact) mass is 268 g/mol. The second-order valence-electron chi connectivity index (χ2n) is 3.99. The van der Waals surface area contributed by atoms with E-state index in [0.717, 1.165) is 11.1 Å². The summed E-state index contributed by atoms with van der Waals surface area (Å²) >= 11 is 0. The summed E-state index contributed by atoms with van der Waals surface area (Å²) in [6.45, 7) is 0.212. The highest BCUT2D eigenvalue weighted by molar-refractivity contribution is 5.49. The van der Waals surface area contributed by atoms with Crippen LogP contribution in [0.3, 0.4) is 0 Å². The summed E-state index contributed by atoms with van der Waals surface area (Å²) in [5, 5.41) is 16.9. The number of aliphatic hydroxyl groups is 2. The molecule has 0 aromatic heterocycles. The van der Waals surface area contributed by atoms with Crippen molar-refractivity contribution >= 4 is 12.2 Å². The molecule has 0 bridgehead atoms. The summed E-state index contributed by atoms with van der Waals surface area (Å²) in [6, 6.07) is 19.8. The molecule has 2 aromatic rings. The molecule has 0 saturated heterocycles. The fourth-order valence-corrected chi connectivity index (χ4v) is 1.51. The fraction of sp³-hybridized carbons (Fsp3) is 0.111. The molecular formula is C18H20O2. The van der Waals surface area contributed by atoms with Crippen molar-refractivity contribution in [3.8, 4) is 0 Å². The first-order valence-corrected chi connectivity index (χ1v) is 6.51. The second kappa shape index (κ2) is 10.7. The third-order valence-corrected chi connectivity index (χ3v) is 2.43. The molecule has 0 atom stereocenters. The van der Waals surface area contributed by atoms with Crippen molar-refractivity contribution in [2.24, 2.45) is 0 Å². The molecule has 2 aromatic carbocycles. The summed E-state index contributed by atoms with van der Waals surface area (Å²) in [5.74, 6) is 0. The number of rotatable bonds is 4. The Bertz CT molecular complexity index is 452. The second-order valence-corrected chi connectivity index (χ2v) is 3.99. The van der Waals surface area contributed by atoms with Crippen LogP contribution in [-0.4, -0.2) is 23.4 Å². The van der Waals surface area contributed by atoms with Crippen molar-refractivity contribution in [3.63, 3.8) is 0 Å². The van der Waals surface area contributed by atoms with Gasteiger partial charge in [0.25, 0.3) is 0 Å². The lowest BCUT2D eigenvalue weighted by atomic mass is 10.2. The van der Waals surface area contributed by atoms with Crippen LogP contribution in [0, 0.1) is 0 Å². The maximum Gasteiger partial charge on any atom is 0.0615 e. The minimum absolute atomic E-state index is 0.106. The average Bonchev–Trinajstić information content (AvgIpc) is 2.53. The standard InChI is InChI=1S/2C9H10O/c2*10-8-4-7-9-5-2-1-3-6-9/h2*1-7,10H,8H2/b2*7-4+. The van der Waals surface area contributed by atoms with E-state index in [9.17, 15) is 0 Å². The van der Waals surface area contributed by atoms with E-state index in [2.05, 4.69) is 0 Å². The maximum atomic E-state index is 8.44. The van der Waals surface area contributed by atoms with Crippen LogP contribution in [0.2, 0.25) is 0 Å². The van der Waals surface area contributed by atoms with Crippen LogP contribution >= 0.6 is 0 Å². The number of benzene rings is 2. The van der Waals surface area contributed by atoms with Gasteiger partial charge in [-0.2, -0.15) is 0 Å². The van der Waals surface area contributed by atoms with Crippen LogP contribution in [0.4, 0.5) is 0 Å². The summed E-state index contributed by atoms with van der Waals surface area (Å²) in [6.07, 6.45) is 7.21. The first-order valence-electron chi connectivity index (χ1n) is 6.51. The van der Waals surface area contributed by atoms with E-state index >= 15 is 0 Å². The quantitative estimate of drug-likeness (QED) is 0.892. The van der Waals surface area contributed by atoms with E-state index in [1.165, 1.54) is 0 Å². The van der Waals surface area contributed by atoms with Gasteiger partial charge in [-0.1, -0.05) is 85.0 Å². The van der Waals surface area contributed by atoms with Crippen molar-refractivity contribution in [2.75, 3.05) is 13.2 Å². The van der Waals surface area contributed by atoms with E-state index in [1.807, 2.05) is 72.8 Å². The van der Waals surface area contributed by atoms with Crippen molar-refractivity contribution < 1.29 is 10.2 Å². The van der Waals surface area contributed by atoms with Crippen molar-refractivity contribution in [1.82, 2.24) is 0 Å². The van der Waals surface area contributed by atoms with Gasteiger partial charge in [-0.25, -0.2) is 0 Å². The van der Waals surface area contributed by atoms with Gasteiger partial charge in [0.15, 0.2) is 0 Å². The topological polar surface area (TPSA) is 40.5 Å². The van der Waals surface area contributed by atoms with Gasteiger partial charge >= 0.3 is 0 Å². The largest absolute Gasteiger partial charge is 0.392 e. The van der Waals surface area contributed by atoms with Crippen LogP contribution in [0.15, 0.2) is 72.8 Å². The molecule has 0 heterocycles. The van der Waals surface area contributed by atoms with Crippen molar-refractivity contribution in [1.29, 1.82) is 0 Å².